The highest BCUT2D eigenvalue weighted by Crippen LogP contribution is 2.19. The van der Waals surface area contributed by atoms with Gasteiger partial charge in [-0.05, 0) is 19.8 Å². The monoisotopic (exact) mass is 297 g/mol. The zero-order valence-electron chi connectivity index (χ0n) is 12.6. The Labute approximate surface area is 124 Å². The first-order valence-electron chi connectivity index (χ1n) is 7.39. The summed E-state index contributed by atoms with van der Waals surface area (Å²) in [6, 6.07) is -0.379. The minimum Gasteiger partial charge on any atom is -0.382 e. The van der Waals surface area contributed by atoms with Crippen molar-refractivity contribution in [3.63, 3.8) is 0 Å². The number of rotatable bonds is 5. The molecule has 1 aliphatic heterocycles. The number of ether oxygens (including phenoxy) is 1. The summed E-state index contributed by atoms with van der Waals surface area (Å²) >= 11 is 0. The average molecular weight is 297 g/mol. The predicted molar refractivity (Wildman–Crippen MR) is 75.5 cm³/mol. The molecule has 0 unspecified atom stereocenters. The van der Waals surface area contributed by atoms with Crippen LogP contribution in [-0.2, 0) is 14.3 Å². The highest BCUT2D eigenvalue weighted by atomic mass is 16.5. The van der Waals surface area contributed by atoms with Gasteiger partial charge in [0.15, 0.2) is 0 Å². The van der Waals surface area contributed by atoms with Crippen molar-refractivity contribution in [2.75, 3.05) is 20.3 Å². The van der Waals surface area contributed by atoms with E-state index in [-0.39, 0.29) is 25.1 Å². The Hall–Kier alpha value is -1.63. The van der Waals surface area contributed by atoms with Gasteiger partial charge in [0.2, 0.25) is 5.91 Å². The number of nitrogens with zero attached hydrogens (tertiary/aromatic N) is 1. The van der Waals surface area contributed by atoms with Gasteiger partial charge in [-0.1, -0.05) is 19.3 Å². The van der Waals surface area contributed by atoms with E-state index in [9.17, 15) is 14.4 Å². The van der Waals surface area contributed by atoms with Crippen LogP contribution in [0.1, 0.15) is 39.0 Å². The molecular weight excluding hydrogens is 274 g/mol. The van der Waals surface area contributed by atoms with Crippen LogP contribution >= 0.6 is 0 Å². The molecule has 21 heavy (non-hydrogen) atoms. The lowest BCUT2D eigenvalue weighted by molar-refractivity contribution is -0.136. The highest BCUT2D eigenvalue weighted by Gasteiger charge is 2.48. The Morgan fingerprint density at radius 2 is 2.05 bits per heavy atom. The summed E-state index contributed by atoms with van der Waals surface area (Å²) in [4.78, 5) is 37.1. The summed E-state index contributed by atoms with van der Waals surface area (Å²) in [7, 11) is 1.46. The molecule has 1 saturated heterocycles. The van der Waals surface area contributed by atoms with Crippen molar-refractivity contribution in [2.45, 2.75) is 50.6 Å². The largest absolute Gasteiger partial charge is 0.382 e. The van der Waals surface area contributed by atoms with Crippen LogP contribution in [0.3, 0.4) is 0 Å². The maximum absolute atomic E-state index is 12.2. The Bertz CT molecular complexity index is 434. The number of imide groups is 1. The van der Waals surface area contributed by atoms with Crippen molar-refractivity contribution in [1.82, 2.24) is 15.5 Å². The highest BCUT2D eigenvalue weighted by molar-refractivity contribution is 6.08. The lowest BCUT2D eigenvalue weighted by Gasteiger charge is -2.24. The number of carbonyl (C=O) groups is 3. The van der Waals surface area contributed by atoms with E-state index in [0.29, 0.717) is 0 Å². The molecule has 0 aromatic rings. The fourth-order valence-electron chi connectivity index (χ4n) is 2.94. The van der Waals surface area contributed by atoms with Crippen molar-refractivity contribution in [2.24, 2.45) is 0 Å². The molecule has 1 saturated carbocycles. The van der Waals surface area contributed by atoms with Gasteiger partial charge in [0, 0.05) is 13.2 Å². The molecular formula is C14H23N3O4. The summed E-state index contributed by atoms with van der Waals surface area (Å²) in [5, 5.41) is 5.47. The van der Waals surface area contributed by atoms with Crippen LogP contribution in [0.2, 0.25) is 0 Å². The minimum atomic E-state index is -1.09. The van der Waals surface area contributed by atoms with E-state index in [1.54, 1.807) is 6.92 Å². The summed E-state index contributed by atoms with van der Waals surface area (Å²) in [5.41, 5.74) is -1.09. The summed E-state index contributed by atoms with van der Waals surface area (Å²) < 4.78 is 4.96. The first-order chi connectivity index (χ1) is 9.96. The molecule has 0 aromatic carbocycles. The Kier molecular flexibility index (Phi) is 4.82. The maximum atomic E-state index is 12.2. The summed E-state index contributed by atoms with van der Waals surface area (Å²) in [6.45, 7) is 1.44. The fourth-order valence-corrected chi connectivity index (χ4v) is 2.94. The fraction of sp³-hybridized carbons (Fsp3) is 0.786. The van der Waals surface area contributed by atoms with Gasteiger partial charge in [0.05, 0.1) is 6.61 Å². The van der Waals surface area contributed by atoms with Crippen molar-refractivity contribution >= 4 is 17.8 Å². The molecule has 0 bridgehead atoms. The van der Waals surface area contributed by atoms with E-state index in [4.69, 9.17) is 4.74 Å². The van der Waals surface area contributed by atoms with Gasteiger partial charge >= 0.3 is 6.03 Å². The molecule has 0 spiro atoms. The van der Waals surface area contributed by atoms with Crippen LogP contribution in [0.5, 0.6) is 0 Å². The summed E-state index contributed by atoms with van der Waals surface area (Å²) in [6.07, 6.45) is 5.36. The molecule has 2 fully saturated rings. The third-order valence-corrected chi connectivity index (χ3v) is 4.05. The third-order valence-electron chi connectivity index (χ3n) is 4.05. The number of hydrogen-bond donors (Lipinski definition) is 2. The third kappa shape index (κ3) is 3.53. The number of hydrogen-bond acceptors (Lipinski definition) is 4. The molecule has 2 rings (SSSR count). The second-order valence-electron chi connectivity index (χ2n) is 5.99. The second kappa shape index (κ2) is 6.43. The zero-order chi connectivity index (χ0) is 15.5. The summed E-state index contributed by atoms with van der Waals surface area (Å²) in [5.74, 6) is -0.708. The molecule has 7 nitrogen and oxygen atoms in total. The van der Waals surface area contributed by atoms with Crippen LogP contribution in [0.15, 0.2) is 0 Å². The van der Waals surface area contributed by atoms with E-state index >= 15 is 0 Å². The van der Waals surface area contributed by atoms with Gasteiger partial charge in [-0.25, -0.2) is 4.79 Å². The molecule has 7 heteroatoms. The maximum Gasteiger partial charge on any atom is 0.325 e. The number of amides is 4. The Balaban J connectivity index is 1.91. The normalized spacial score (nSPS) is 26.9. The molecule has 118 valence electrons. The van der Waals surface area contributed by atoms with Crippen molar-refractivity contribution in [3.8, 4) is 0 Å². The SMILES string of the molecule is COC[C@]1(C)NC(=O)N(CC(=O)NC2CCCCC2)C1=O. The Morgan fingerprint density at radius 1 is 1.38 bits per heavy atom. The first kappa shape index (κ1) is 15.8. The van der Waals surface area contributed by atoms with Gasteiger partial charge in [-0.15, -0.1) is 0 Å². The van der Waals surface area contributed by atoms with Crippen LogP contribution in [0, 0.1) is 0 Å². The van der Waals surface area contributed by atoms with Gasteiger partial charge in [-0.2, -0.15) is 0 Å². The number of carbonyl (C=O) groups excluding carboxylic acids is 3. The molecule has 1 atom stereocenters. The molecule has 1 heterocycles. The van der Waals surface area contributed by atoms with E-state index < -0.39 is 17.5 Å². The average Bonchev–Trinajstić information content (AvgIpc) is 2.64. The molecule has 2 N–H and O–H groups in total. The smallest absolute Gasteiger partial charge is 0.325 e. The topological polar surface area (TPSA) is 87.7 Å². The lowest BCUT2D eigenvalue weighted by atomic mass is 9.95. The zero-order valence-corrected chi connectivity index (χ0v) is 12.6. The van der Waals surface area contributed by atoms with Gasteiger partial charge in [-0.3, -0.25) is 14.5 Å². The van der Waals surface area contributed by atoms with Crippen LogP contribution in [-0.4, -0.2) is 54.6 Å². The molecule has 2 aliphatic rings. The molecule has 0 aromatic heterocycles. The van der Waals surface area contributed by atoms with Gasteiger partial charge in [0.25, 0.3) is 5.91 Å². The van der Waals surface area contributed by atoms with E-state index in [1.807, 2.05) is 0 Å². The van der Waals surface area contributed by atoms with Crippen molar-refractivity contribution in [3.05, 3.63) is 0 Å². The van der Waals surface area contributed by atoms with E-state index in [0.717, 1.165) is 30.6 Å². The van der Waals surface area contributed by atoms with Crippen molar-refractivity contribution in [1.29, 1.82) is 0 Å². The number of methoxy groups -OCH3 is 1. The van der Waals surface area contributed by atoms with Crippen LogP contribution < -0.4 is 10.6 Å². The van der Waals surface area contributed by atoms with E-state index in [2.05, 4.69) is 10.6 Å². The Morgan fingerprint density at radius 3 is 2.67 bits per heavy atom. The predicted octanol–water partition coefficient (Wildman–Crippen LogP) is 0.392. The van der Waals surface area contributed by atoms with E-state index in [1.165, 1.54) is 13.5 Å². The van der Waals surface area contributed by atoms with Gasteiger partial charge < -0.3 is 15.4 Å². The first-order valence-corrected chi connectivity index (χ1v) is 7.39. The number of nitrogens with one attached hydrogen (secondary N) is 2. The molecule has 0 radical (unpaired) electrons. The molecule has 1 aliphatic carbocycles. The quantitative estimate of drug-likeness (QED) is 0.719. The van der Waals surface area contributed by atoms with Crippen molar-refractivity contribution < 1.29 is 19.1 Å². The second-order valence-corrected chi connectivity index (χ2v) is 5.99. The van der Waals surface area contributed by atoms with Crippen LogP contribution in [0.25, 0.3) is 0 Å². The standard InChI is InChI=1S/C14H23N3O4/c1-14(9-21-2)12(19)17(13(20)16-14)8-11(18)15-10-6-4-3-5-7-10/h10H,3-9H2,1-2H3,(H,15,18)(H,16,20)/t14-/m0/s1. The minimum absolute atomic E-state index is 0.0817. The lowest BCUT2D eigenvalue weighted by Crippen LogP contribution is -2.49. The number of urea groups is 1. The molecule has 4 amide bonds. The van der Waals surface area contributed by atoms with Gasteiger partial charge in [0.1, 0.15) is 12.1 Å². The van der Waals surface area contributed by atoms with Crippen LogP contribution in [0.4, 0.5) is 4.79 Å².